The Kier molecular flexibility index (Phi) is 4.30. The molecule has 1 aromatic rings. The predicted octanol–water partition coefficient (Wildman–Crippen LogP) is 4.87. The molecule has 0 fully saturated rings. The molecule has 0 radical (unpaired) electrons. The Morgan fingerprint density at radius 1 is 1.12 bits per heavy atom. The van der Waals surface area contributed by atoms with Gasteiger partial charge in [-0.3, -0.25) is 0 Å². The second-order valence-corrected chi connectivity index (χ2v) is 4.33. The third kappa shape index (κ3) is 3.23. The smallest absolute Gasteiger partial charge is 0.00577 e. The average molecular weight is 212 g/mol. The highest BCUT2D eigenvalue weighted by molar-refractivity contribution is 5.40. The molecule has 84 valence electrons. The first-order valence-corrected chi connectivity index (χ1v) is 5.60. The molecule has 0 aliphatic carbocycles. The first-order chi connectivity index (χ1) is 7.52. The molecule has 1 atom stereocenters. The van der Waals surface area contributed by atoms with Crippen LogP contribution in [0.2, 0.25) is 0 Å². The molecule has 0 unspecified atom stereocenters. The van der Waals surface area contributed by atoms with E-state index < -0.39 is 0 Å². The summed E-state index contributed by atoms with van der Waals surface area (Å²) in [5, 5.41) is 0. The van der Waals surface area contributed by atoms with Crippen molar-refractivity contribution >= 4 is 0 Å². The summed E-state index contributed by atoms with van der Waals surface area (Å²) in [4.78, 5) is 0. The fourth-order valence-corrected chi connectivity index (χ4v) is 1.75. The van der Waals surface area contributed by atoms with Gasteiger partial charge in [0, 0.05) is 5.92 Å². The van der Waals surface area contributed by atoms with Crippen LogP contribution in [0.4, 0.5) is 0 Å². The van der Waals surface area contributed by atoms with Gasteiger partial charge in [0.2, 0.25) is 0 Å². The summed E-state index contributed by atoms with van der Waals surface area (Å²) < 4.78 is 0. The Hall–Kier alpha value is -1.56. The van der Waals surface area contributed by atoms with Crippen molar-refractivity contribution in [2.45, 2.75) is 26.7 Å². The van der Waals surface area contributed by atoms with Gasteiger partial charge in [-0.1, -0.05) is 62.1 Å². The van der Waals surface area contributed by atoms with Gasteiger partial charge in [0.1, 0.15) is 0 Å². The lowest BCUT2D eigenvalue weighted by Crippen LogP contribution is -1.98. The first-order valence-electron chi connectivity index (χ1n) is 5.60. The highest BCUT2D eigenvalue weighted by Crippen LogP contribution is 2.27. The van der Waals surface area contributed by atoms with Crippen LogP contribution in [0.3, 0.4) is 0 Å². The van der Waals surface area contributed by atoms with Crippen LogP contribution in [0.5, 0.6) is 0 Å². The fourth-order valence-electron chi connectivity index (χ4n) is 1.75. The van der Waals surface area contributed by atoms with Crippen LogP contribution >= 0.6 is 0 Å². The lowest BCUT2D eigenvalue weighted by Gasteiger charge is -2.16. The van der Waals surface area contributed by atoms with Crippen LogP contribution in [0.1, 0.15) is 32.3 Å². The van der Waals surface area contributed by atoms with Crippen LogP contribution in [0.15, 0.2) is 66.3 Å². The van der Waals surface area contributed by atoms with E-state index in [4.69, 9.17) is 0 Å². The highest BCUT2D eigenvalue weighted by Gasteiger charge is 2.09. The molecule has 0 aromatic heterocycles. The molecule has 1 rings (SSSR count). The van der Waals surface area contributed by atoms with Crippen molar-refractivity contribution in [3.8, 4) is 0 Å². The van der Waals surface area contributed by atoms with Crippen molar-refractivity contribution in [2.24, 2.45) is 0 Å². The molecule has 1 aromatic carbocycles. The van der Waals surface area contributed by atoms with Crippen molar-refractivity contribution < 1.29 is 0 Å². The molecule has 0 amide bonds. The maximum Gasteiger partial charge on any atom is 0.00577 e. The average Bonchev–Trinajstić information content (AvgIpc) is 2.27. The van der Waals surface area contributed by atoms with E-state index in [1.54, 1.807) is 0 Å². The van der Waals surface area contributed by atoms with Crippen molar-refractivity contribution in [2.75, 3.05) is 0 Å². The minimum Gasteiger partial charge on any atom is -0.0961 e. The van der Waals surface area contributed by atoms with E-state index >= 15 is 0 Å². The zero-order valence-electron chi connectivity index (χ0n) is 10.5. The normalized spacial score (nSPS) is 13.3. The summed E-state index contributed by atoms with van der Waals surface area (Å²) in [6.07, 6.45) is 2.09. The van der Waals surface area contributed by atoms with Gasteiger partial charge < -0.3 is 0 Å². The Balaban J connectivity index is 2.87. The van der Waals surface area contributed by atoms with Crippen molar-refractivity contribution in [3.05, 3.63) is 71.8 Å². The zero-order chi connectivity index (χ0) is 12.1. The van der Waals surface area contributed by atoms with E-state index in [9.17, 15) is 0 Å². The second-order valence-electron chi connectivity index (χ2n) is 4.33. The summed E-state index contributed by atoms with van der Waals surface area (Å²) >= 11 is 0. The Bertz CT molecular complexity index is 407. The van der Waals surface area contributed by atoms with Gasteiger partial charge >= 0.3 is 0 Å². The highest BCUT2D eigenvalue weighted by atomic mass is 14.1. The van der Waals surface area contributed by atoms with Crippen molar-refractivity contribution in [1.82, 2.24) is 0 Å². The summed E-state index contributed by atoms with van der Waals surface area (Å²) in [6, 6.07) is 10.5. The quantitative estimate of drug-likeness (QED) is 0.625. The summed E-state index contributed by atoms with van der Waals surface area (Å²) in [5.41, 5.74) is 4.75. The predicted molar refractivity (Wildman–Crippen MR) is 72.6 cm³/mol. The number of hydrogen-bond acceptors (Lipinski definition) is 0. The third-order valence-corrected chi connectivity index (χ3v) is 2.79. The van der Waals surface area contributed by atoms with Crippen LogP contribution < -0.4 is 0 Å². The van der Waals surface area contributed by atoms with Crippen LogP contribution in [-0.4, -0.2) is 0 Å². The van der Waals surface area contributed by atoms with Gasteiger partial charge in [-0.15, -0.1) is 0 Å². The molecule has 0 saturated carbocycles. The fraction of sp³-hybridized carbons (Fsp3) is 0.250. The van der Waals surface area contributed by atoms with Gasteiger partial charge in [0.05, 0.1) is 0 Å². The first kappa shape index (κ1) is 12.5. The van der Waals surface area contributed by atoms with Crippen LogP contribution in [0, 0.1) is 0 Å². The van der Waals surface area contributed by atoms with E-state index in [0.717, 1.165) is 11.1 Å². The maximum atomic E-state index is 4.17. The van der Waals surface area contributed by atoms with E-state index in [1.807, 2.05) is 13.0 Å². The molecule has 0 saturated heterocycles. The van der Waals surface area contributed by atoms with Crippen molar-refractivity contribution in [1.29, 1.82) is 0 Å². The minimum absolute atomic E-state index is 0.358. The number of hydrogen-bond donors (Lipinski definition) is 0. The van der Waals surface area contributed by atoms with Crippen LogP contribution in [-0.2, 0) is 0 Å². The molecule has 0 spiro atoms. The second kappa shape index (κ2) is 5.50. The molecule has 16 heavy (non-hydrogen) atoms. The maximum absolute atomic E-state index is 4.17. The molecule has 0 N–H and O–H groups in total. The standard InChI is InChI=1S/C16H20/c1-12(2)11-13(3)14(4)15(5)16-9-7-6-8-10-16/h6-11,15H,1,4H2,2-3,5H3/b13-11-/t15-/m1/s1. The van der Waals surface area contributed by atoms with Gasteiger partial charge in [-0.05, 0) is 30.6 Å². The molecule has 0 heteroatoms. The van der Waals surface area contributed by atoms with Gasteiger partial charge in [-0.25, -0.2) is 0 Å². The van der Waals surface area contributed by atoms with Crippen molar-refractivity contribution in [3.63, 3.8) is 0 Å². The molecule has 0 nitrogen and oxygen atoms in total. The molecule has 0 heterocycles. The molecular weight excluding hydrogens is 192 g/mol. The summed E-state index contributed by atoms with van der Waals surface area (Å²) in [5.74, 6) is 0.358. The Labute approximate surface area is 99.0 Å². The SMILES string of the molecule is C=C(C)/C=C(/C)C(=C)[C@@H](C)c1ccccc1. The van der Waals surface area contributed by atoms with E-state index in [1.165, 1.54) is 11.1 Å². The summed E-state index contributed by atoms with van der Waals surface area (Å²) in [7, 11) is 0. The lowest BCUT2D eigenvalue weighted by molar-refractivity contribution is 0.906. The van der Waals surface area contributed by atoms with Gasteiger partial charge in [-0.2, -0.15) is 0 Å². The zero-order valence-corrected chi connectivity index (χ0v) is 10.5. The number of rotatable bonds is 4. The van der Waals surface area contributed by atoms with Crippen LogP contribution in [0.25, 0.3) is 0 Å². The van der Waals surface area contributed by atoms with E-state index in [-0.39, 0.29) is 0 Å². The minimum atomic E-state index is 0.358. The number of allylic oxidation sites excluding steroid dienone is 4. The number of benzene rings is 1. The molecule has 0 aliphatic rings. The molecular formula is C16H20. The largest absolute Gasteiger partial charge is 0.0961 e. The van der Waals surface area contributed by atoms with E-state index in [2.05, 4.69) is 57.3 Å². The Morgan fingerprint density at radius 2 is 1.69 bits per heavy atom. The summed E-state index contributed by atoms with van der Waals surface area (Å²) in [6.45, 7) is 14.4. The molecule has 0 bridgehead atoms. The van der Waals surface area contributed by atoms with Gasteiger partial charge in [0.25, 0.3) is 0 Å². The topological polar surface area (TPSA) is 0 Å². The monoisotopic (exact) mass is 212 g/mol. The Morgan fingerprint density at radius 3 is 2.19 bits per heavy atom. The lowest BCUT2D eigenvalue weighted by atomic mass is 9.89. The van der Waals surface area contributed by atoms with E-state index in [0.29, 0.717) is 5.92 Å². The molecule has 0 aliphatic heterocycles. The third-order valence-electron chi connectivity index (χ3n) is 2.79. The van der Waals surface area contributed by atoms with Gasteiger partial charge in [0.15, 0.2) is 0 Å².